The third-order valence-electron chi connectivity index (χ3n) is 24.7. The third-order valence-corrected chi connectivity index (χ3v) is 24.7. The van der Waals surface area contributed by atoms with Gasteiger partial charge >= 0.3 is 0 Å². The molecule has 136 heavy (non-hydrogen) atoms. The monoisotopic (exact) mass is 1750 g/mol. The molecule has 0 spiro atoms. The Kier molecular flexibility index (Phi) is 22.3. The summed E-state index contributed by atoms with van der Waals surface area (Å²) in [6, 6.07) is 125. The fourth-order valence-electron chi connectivity index (χ4n) is 17.9. The number of pyridine rings is 9. The molecule has 12 aromatic carbocycles. The van der Waals surface area contributed by atoms with Crippen molar-refractivity contribution >= 4 is 87.2 Å². The number of rotatable bonds is 14. The van der Waals surface area contributed by atoms with E-state index in [4.69, 9.17) is 69.8 Å². The summed E-state index contributed by atoms with van der Waals surface area (Å²) in [6.45, 7) is 14.5. The van der Waals surface area contributed by atoms with Gasteiger partial charge in [0.15, 0.2) is 29.1 Å². The van der Waals surface area contributed by atoms with E-state index in [0.717, 1.165) is 239 Å². The van der Waals surface area contributed by atoms with Crippen LogP contribution in [0.4, 0.5) is 0 Å². The first-order chi connectivity index (χ1) is 66.7. The van der Waals surface area contributed by atoms with E-state index < -0.39 is 0 Å². The van der Waals surface area contributed by atoms with Gasteiger partial charge in [-0.2, -0.15) is 0 Å². The molecule has 0 fully saturated rings. The fourth-order valence-corrected chi connectivity index (χ4v) is 17.9. The normalized spacial score (nSPS) is 11.4. The van der Waals surface area contributed by atoms with E-state index in [2.05, 4.69) is 279 Å². The van der Waals surface area contributed by atoms with Gasteiger partial charge in [0, 0.05) is 163 Å². The lowest BCUT2D eigenvalue weighted by atomic mass is 9.95. The Balaban J connectivity index is 0.000000118. The molecule has 0 aliphatic heterocycles. The van der Waals surface area contributed by atoms with Crippen LogP contribution in [0.2, 0.25) is 0 Å². The molecule has 12 aromatic heterocycles. The van der Waals surface area contributed by atoms with Crippen LogP contribution in [0.5, 0.6) is 0 Å². The van der Waals surface area contributed by atoms with E-state index in [0.29, 0.717) is 29.1 Å². The zero-order valence-corrected chi connectivity index (χ0v) is 75.7. The van der Waals surface area contributed by atoms with E-state index in [1.54, 1.807) is 12.4 Å². The second-order valence-corrected chi connectivity index (χ2v) is 34.5. The standard InChI is InChI=1S/C41H31N5.C40H28N6.C39H27N5/c1-25(2)35-23-34(33-20-19-29-18-17-26(3)43-39(29)40(33)44-35)41-45-36(27-10-5-4-6-11-27)24-37(46-41)31-14-7-13-30(22-31)32-16-8-12-28-15-9-21-42-38(28)32;1-25-13-14-28-19-20-34-35(22-26(2)43-37(34)36(28)42-25)32-11-6-10-31(23-32)27-15-17-30(18-16-27)39-44-38(29-8-4-3-5-9-29)45-40(46-39)33-12-7-21-41-24-33;1-24-16-17-28-18-19-32-33(21-25(2)42-38(32)37(28)41-24)35-23-34(26-9-4-3-5-10-26)43-39(44-35)30-13-6-12-29(22-30)31-15-7-11-27-14-8-20-40-36(27)31/h4-25H,1-3H3;3-24H,1-2H3;3-23H,1-2H3. The van der Waals surface area contributed by atoms with Crippen LogP contribution >= 0.6 is 0 Å². The molecule has 0 saturated heterocycles. The van der Waals surface area contributed by atoms with Crippen LogP contribution in [0.3, 0.4) is 0 Å². The molecular weight excluding hydrogens is 1670 g/mol. The lowest BCUT2D eigenvalue weighted by molar-refractivity contribution is 0.830. The van der Waals surface area contributed by atoms with Gasteiger partial charge in [0.25, 0.3) is 0 Å². The highest BCUT2D eigenvalue weighted by molar-refractivity contribution is 6.11. The summed E-state index contributed by atoms with van der Waals surface area (Å²) in [5.41, 5.74) is 34.1. The summed E-state index contributed by atoms with van der Waals surface area (Å²) >= 11 is 0. The van der Waals surface area contributed by atoms with Gasteiger partial charge in [-0.25, -0.2) is 34.9 Å². The van der Waals surface area contributed by atoms with Crippen LogP contribution in [0.25, 0.3) is 234 Å². The average Bonchev–Trinajstić information content (AvgIpc) is 0.752. The first kappa shape index (κ1) is 83.8. The summed E-state index contributed by atoms with van der Waals surface area (Å²) in [6.07, 6.45) is 7.21. The maximum absolute atomic E-state index is 5.27. The Morgan fingerprint density at radius 1 is 0.184 bits per heavy atom. The summed E-state index contributed by atoms with van der Waals surface area (Å²) in [5.74, 6) is 3.36. The van der Waals surface area contributed by atoms with E-state index in [9.17, 15) is 0 Å². The Morgan fingerprint density at radius 3 is 1.08 bits per heavy atom. The summed E-state index contributed by atoms with van der Waals surface area (Å²) in [4.78, 5) is 78.6. The van der Waals surface area contributed by atoms with Gasteiger partial charge in [0.05, 0.1) is 66.9 Å². The van der Waals surface area contributed by atoms with Gasteiger partial charge in [-0.3, -0.25) is 44.9 Å². The summed E-state index contributed by atoms with van der Waals surface area (Å²) < 4.78 is 0. The Morgan fingerprint density at radius 2 is 0.544 bits per heavy atom. The van der Waals surface area contributed by atoms with Crippen molar-refractivity contribution in [1.29, 1.82) is 0 Å². The average molecular weight is 1750 g/mol. The molecule has 0 unspecified atom stereocenters. The largest absolute Gasteiger partial charge is 0.264 e. The number of benzene rings is 12. The molecule has 0 aliphatic rings. The highest BCUT2D eigenvalue weighted by atomic mass is 15.0. The number of para-hydroxylation sites is 2. The molecule has 0 atom stereocenters. The quantitative estimate of drug-likeness (QED) is 0.0928. The number of aryl methyl sites for hydroxylation is 5. The van der Waals surface area contributed by atoms with Crippen molar-refractivity contribution in [3.63, 3.8) is 0 Å². The van der Waals surface area contributed by atoms with Crippen molar-refractivity contribution in [3.8, 4) is 146 Å². The van der Waals surface area contributed by atoms with Crippen molar-refractivity contribution < 1.29 is 0 Å². The van der Waals surface area contributed by atoms with Crippen molar-refractivity contribution in [2.75, 3.05) is 0 Å². The maximum atomic E-state index is 5.27. The molecule has 646 valence electrons. The zero-order valence-electron chi connectivity index (χ0n) is 75.7. The van der Waals surface area contributed by atoms with Crippen molar-refractivity contribution in [2.24, 2.45) is 0 Å². The molecule has 16 heteroatoms. The molecule has 24 aromatic rings. The number of nitrogens with zero attached hydrogens (tertiary/aromatic N) is 16. The topological polar surface area (TPSA) is 206 Å². The molecule has 12 heterocycles. The number of hydrogen-bond acceptors (Lipinski definition) is 16. The molecule has 0 radical (unpaired) electrons. The van der Waals surface area contributed by atoms with Gasteiger partial charge < -0.3 is 0 Å². The SMILES string of the molecule is Cc1ccc2ccc3c(-c4cc(-c5ccccc5)nc(-c5cccc(-c6cccc7cccnc67)c5)n4)cc(C)nc3c2n1.Cc1ccc2ccc3c(-c4cccc(-c5ccc(-c6nc(-c7ccccc7)nc(-c7cccnc7)n6)cc5)c4)cc(C)nc3c2n1.Cc1ccc2ccc3c(-c4nc(-c5ccccc5)cc(-c5cccc(-c6cccc7cccnc67)c5)n4)cc(C(C)C)nc3c2n1. The smallest absolute Gasteiger partial charge is 0.165 e. The molecule has 0 N–H and O–H groups in total. The van der Waals surface area contributed by atoms with E-state index in [-0.39, 0.29) is 5.92 Å². The van der Waals surface area contributed by atoms with Gasteiger partial charge in [0.1, 0.15) is 0 Å². The van der Waals surface area contributed by atoms with Crippen LogP contribution in [0.1, 0.15) is 53.9 Å². The van der Waals surface area contributed by atoms with E-state index >= 15 is 0 Å². The first-order valence-electron chi connectivity index (χ1n) is 45.5. The van der Waals surface area contributed by atoms with E-state index in [1.165, 1.54) is 0 Å². The highest BCUT2D eigenvalue weighted by Gasteiger charge is 2.23. The van der Waals surface area contributed by atoms with Crippen LogP contribution in [0.15, 0.2) is 389 Å². The van der Waals surface area contributed by atoms with Gasteiger partial charge in [-0.05, 0) is 165 Å². The highest BCUT2D eigenvalue weighted by Crippen LogP contribution is 2.42. The predicted octanol–water partition coefficient (Wildman–Crippen LogP) is 28.9. The minimum Gasteiger partial charge on any atom is -0.264 e. The fraction of sp³-hybridized carbons (Fsp3) is 0.0667. The first-order valence-corrected chi connectivity index (χ1v) is 45.5. The van der Waals surface area contributed by atoms with Crippen LogP contribution in [-0.4, -0.2) is 79.7 Å². The lowest BCUT2D eigenvalue weighted by Crippen LogP contribution is -2.01. The Hall–Kier alpha value is -17.8. The number of fused-ring (bicyclic) bond motifs is 11. The molecule has 24 rings (SSSR count). The Labute approximate surface area is 785 Å². The molecule has 16 nitrogen and oxygen atoms in total. The number of aromatic nitrogens is 16. The van der Waals surface area contributed by atoms with E-state index in [1.807, 2.05) is 156 Å². The zero-order chi connectivity index (χ0) is 91.9. The van der Waals surface area contributed by atoms with Crippen molar-refractivity contribution in [1.82, 2.24) is 79.7 Å². The minimum absolute atomic E-state index is 0.214. The Bertz CT molecular complexity index is 8700. The van der Waals surface area contributed by atoms with Crippen LogP contribution in [0, 0.1) is 34.6 Å². The molecule has 0 saturated carbocycles. The van der Waals surface area contributed by atoms with Crippen LogP contribution in [-0.2, 0) is 0 Å². The second-order valence-electron chi connectivity index (χ2n) is 34.5. The summed E-state index contributed by atoms with van der Waals surface area (Å²) in [5, 5.41) is 8.55. The van der Waals surface area contributed by atoms with Crippen molar-refractivity contribution in [3.05, 3.63) is 423 Å². The molecule has 0 aliphatic carbocycles. The molecule has 0 bridgehead atoms. The minimum atomic E-state index is 0.214. The van der Waals surface area contributed by atoms with Gasteiger partial charge in [-0.1, -0.05) is 287 Å². The summed E-state index contributed by atoms with van der Waals surface area (Å²) in [7, 11) is 0. The predicted molar refractivity (Wildman–Crippen MR) is 553 cm³/mol. The molecular formula is C120H86N16. The third kappa shape index (κ3) is 16.9. The number of hydrogen-bond donors (Lipinski definition) is 0. The van der Waals surface area contributed by atoms with Crippen molar-refractivity contribution in [2.45, 2.75) is 54.4 Å². The second kappa shape index (κ2) is 36.2. The maximum Gasteiger partial charge on any atom is 0.165 e. The van der Waals surface area contributed by atoms with Gasteiger partial charge in [0.2, 0.25) is 0 Å². The van der Waals surface area contributed by atoms with Gasteiger partial charge in [-0.15, -0.1) is 0 Å². The lowest BCUT2D eigenvalue weighted by Gasteiger charge is -2.15. The molecule has 0 amide bonds. The van der Waals surface area contributed by atoms with Crippen LogP contribution < -0.4 is 0 Å².